The Balaban J connectivity index is 3.52. The molecule has 0 aliphatic heterocycles. The predicted octanol–water partition coefficient (Wildman–Crippen LogP) is 24.7. The number of carbonyl (C=O) groups is 1. The van der Waals surface area contributed by atoms with Crippen LogP contribution >= 0.6 is 0 Å². The highest BCUT2D eigenvalue weighted by atomic mass is 16.3. The fraction of sp³-hybridized carbons (Fsp3) is 0.731. The molecule has 0 aromatic heterocycles. The quantitative estimate of drug-likeness (QED) is 0.0420. The highest BCUT2D eigenvalue weighted by Gasteiger charge is 2.18. The molecule has 0 bridgehead atoms. The molecule has 0 aromatic rings. The summed E-state index contributed by atoms with van der Waals surface area (Å²) in [4.78, 5) is 12.5. The summed E-state index contributed by atoms with van der Waals surface area (Å²) in [5, 5.41) is 23.3. The Morgan fingerprint density at radius 1 is 0.305 bits per heavy atom. The monoisotopic (exact) mass is 1140 g/mol. The number of aliphatic hydroxyl groups excluding tert-OH is 2. The van der Waals surface area contributed by atoms with E-state index in [0.717, 1.165) is 83.5 Å². The zero-order valence-electron chi connectivity index (χ0n) is 54.5. The van der Waals surface area contributed by atoms with Crippen molar-refractivity contribution >= 4 is 5.91 Å². The van der Waals surface area contributed by atoms with E-state index in [9.17, 15) is 15.0 Å². The minimum atomic E-state index is -0.877. The van der Waals surface area contributed by atoms with Gasteiger partial charge in [-0.3, -0.25) is 4.79 Å². The third-order valence-corrected chi connectivity index (χ3v) is 15.9. The van der Waals surface area contributed by atoms with Gasteiger partial charge >= 0.3 is 0 Å². The van der Waals surface area contributed by atoms with Crippen molar-refractivity contribution in [2.45, 2.75) is 360 Å². The van der Waals surface area contributed by atoms with E-state index in [1.165, 1.54) is 244 Å². The van der Waals surface area contributed by atoms with Gasteiger partial charge in [0.25, 0.3) is 0 Å². The van der Waals surface area contributed by atoms with Gasteiger partial charge in [0.15, 0.2) is 0 Å². The highest BCUT2D eigenvalue weighted by Crippen LogP contribution is 2.18. The number of rotatable bonds is 65. The smallest absolute Gasteiger partial charge is 0.220 e. The number of amides is 1. The molecule has 0 saturated heterocycles. The van der Waals surface area contributed by atoms with E-state index in [1.54, 1.807) is 6.08 Å². The van der Waals surface area contributed by atoms with Crippen LogP contribution in [0.4, 0.5) is 0 Å². The summed E-state index contributed by atoms with van der Waals surface area (Å²) in [6.07, 6.45) is 110. The van der Waals surface area contributed by atoms with Crippen LogP contribution in [-0.2, 0) is 4.79 Å². The molecule has 82 heavy (non-hydrogen) atoms. The van der Waals surface area contributed by atoms with Crippen LogP contribution in [-0.4, -0.2) is 34.9 Å². The first kappa shape index (κ1) is 78.8. The van der Waals surface area contributed by atoms with E-state index in [0.29, 0.717) is 6.42 Å². The minimum absolute atomic E-state index is 0.0761. The number of nitrogens with one attached hydrogen (secondary N) is 1. The zero-order valence-corrected chi connectivity index (χ0v) is 54.5. The highest BCUT2D eigenvalue weighted by molar-refractivity contribution is 5.76. The molecule has 0 spiro atoms. The van der Waals surface area contributed by atoms with Crippen molar-refractivity contribution in [3.8, 4) is 0 Å². The molecule has 0 aromatic carbocycles. The molecule has 472 valence electrons. The van der Waals surface area contributed by atoms with Gasteiger partial charge in [0.05, 0.1) is 18.8 Å². The Morgan fingerprint density at radius 2 is 0.549 bits per heavy atom. The lowest BCUT2D eigenvalue weighted by atomic mass is 10.0. The summed E-state index contributed by atoms with van der Waals surface area (Å²) < 4.78 is 0. The normalized spacial score (nSPS) is 13.5. The van der Waals surface area contributed by atoms with Crippen molar-refractivity contribution in [1.82, 2.24) is 5.32 Å². The summed E-state index contributed by atoms with van der Waals surface area (Å²) >= 11 is 0. The molecule has 0 aliphatic rings. The minimum Gasteiger partial charge on any atom is -0.394 e. The van der Waals surface area contributed by atoms with Gasteiger partial charge in [0, 0.05) is 6.42 Å². The summed E-state index contributed by atoms with van der Waals surface area (Å²) in [5.74, 6) is -0.0761. The summed E-state index contributed by atoms with van der Waals surface area (Å²) in [5.41, 5.74) is 0. The molecule has 0 heterocycles. The Kier molecular flexibility index (Phi) is 69.2. The maximum atomic E-state index is 12.5. The number of hydrogen-bond acceptors (Lipinski definition) is 3. The summed E-state index contributed by atoms with van der Waals surface area (Å²) in [6, 6.07) is -0.652. The standard InChI is InChI=1S/C78H137NO3/c1-3-5-7-9-11-13-15-17-19-21-23-25-27-29-31-33-34-35-36-37-38-39-40-41-42-43-44-46-48-50-52-54-56-58-60-62-64-66-68-70-72-74-78(82)79-76(75-80)77(81)73-71-69-67-65-63-61-59-57-55-53-51-49-47-45-32-30-28-26-24-22-20-18-16-14-12-10-8-6-4-2/h5,7,11,13,17,19,23,25,29,31,34-35,37-38,55,57,63,65,71,73,76-77,80-81H,3-4,6,8-10,12,14-16,18,20-22,24,26-28,30,32-33,36,39-54,56,58-62,64,66-70,72,74-75H2,1-2H3,(H,79,82)/b7-5-,13-11-,19-17-,25-23-,31-29-,35-34-,38-37-,57-55+,65-63+,73-71+. The van der Waals surface area contributed by atoms with Gasteiger partial charge in [-0.05, 0) is 103 Å². The molecule has 0 radical (unpaired) electrons. The van der Waals surface area contributed by atoms with Crippen molar-refractivity contribution in [2.24, 2.45) is 0 Å². The molecular formula is C78H137NO3. The second kappa shape index (κ2) is 72.1. The molecule has 4 heteroatoms. The average molecular weight is 1140 g/mol. The largest absolute Gasteiger partial charge is 0.394 e. The Hall–Kier alpha value is -3.21. The lowest BCUT2D eigenvalue weighted by Gasteiger charge is -2.19. The maximum absolute atomic E-state index is 12.5. The van der Waals surface area contributed by atoms with Crippen LogP contribution in [0.1, 0.15) is 348 Å². The predicted molar refractivity (Wildman–Crippen MR) is 368 cm³/mol. The lowest BCUT2D eigenvalue weighted by molar-refractivity contribution is -0.123. The molecule has 0 rings (SSSR count). The third-order valence-electron chi connectivity index (χ3n) is 15.9. The Bertz CT molecular complexity index is 1570. The van der Waals surface area contributed by atoms with Crippen molar-refractivity contribution in [3.05, 3.63) is 122 Å². The SMILES string of the molecule is CC/C=C\C/C=C\C/C=C\C/C=C\C/C=C\C/C=C\C/C=C\CCCCCCCCCCCCCCCCCCCCCC(=O)NC(CO)C(O)/C=C/CC/C=C/CC/C=C/CCCCCCCCCCCCCCCCCCCCC. The molecule has 0 fully saturated rings. The molecule has 2 atom stereocenters. The van der Waals surface area contributed by atoms with Crippen LogP contribution in [0.25, 0.3) is 0 Å². The van der Waals surface area contributed by atoms with Gasteiger partial charge < -0.3 is 15.5 Å². The van der Waals surface area contributed by atoms with Gasteiger partial charge in [-0.2, -0.15) is 0 Å². The fourth-order valence-electron chi connectivity index (χ4n) is 10.5. The van der Waals surface area contributed by atoms with Crippen molar-refractivity contribution in [1.29, 1.82) is 0 Å². The first-order valence-electron chi connectivity index (χ1n) is 35.7. The van der Waals surface area contributed by atoms with Crippen LogP contribution < -0.4 is 5.32 Å². The topological polar surface area (TPSA) is 69.6 Å². The molecular weight excluding hydrogens is 999 g/mol. The first-order valence-corrected chi connectivity index (χ1v) is 35.7. The van der Waals surface area contributed by atoms with E-state index < -0.39 is 12.1 Å². The lowest BCUT2D eigenvalue weighted by Crippen LogP contribution is -2.45. The van der Waals surface area contributed by atoms with Crippen LogP contribution in [0.5, 0.6) is 0 Å². The number of carbonyl (C=O) groups excluding carboxylic acids is 1. The van der Waals surface area contributed by atoms with E-state index in [1.807, 2.05) is 6.08 Å². The van der Waals surface area contributed by atoms with Gasteiger partial charge in [0.1, 0.15) is 0 Å². The fourth-order valence-corrected chi connectivity index (χ4v) is 10.5. The molecule has 0 saturated carbocycles. The first-order chi connectivity index (χ1) is 40.7. The van der Waals surface area contributed by atoms with Crippen LogP contribution in [0, 0.1) is 0 Å². The van der Waals surface area contributed by atoms with Gasteiger partial charge in [-0.1, -0.05) is 360 Å². The summed E-state index contributed by atoms with van der Waals surface area (Å²) in [7, 11) is 0. The van der Waals surface area contributed by atoms with Crippen LogP contribution in [0.3, 0.4) is 0 Å². The van der Waals surface area contributed by atoms with Crippen LogP contribution in [0.15, 0.2) is 122 Å². The molecule has 4 nitrogen and oxygen atoms in total. The van der Waals surface area contributed by atoms with Gasteiger partial charge in [-0.25, -0.2) is 0 Å². The van der Waals surface area contributed by atoms with Gasteiger partial charge in [-0.15, -0.1) is 0 Å². The molecule has 2 unspecified atom stereocenters. The molecule has 3 N–H and O–H groups in total. The van der Waals surface area contributed by atoms with E-state index in [-0.39, 0.29) is 12.5 Å². The third kappa shape index (κ3) is 67.6. The van der Waals surface area contributed by atoms with Crippen LogP contribution in [0.2, 0.25) is 0 Å². The number of unbranched alkanes of at least 4 members (excludes halogenated alkanes) is 40. The number of hydrogen-bond donors (Lipinski definition) is 3. The second-order valence-corrected chi connectivity index (χ2v) is 23.9. The number of aliphatic hydroxyl groups is 2. The Labute approximate surface area is 511 Å². The average Bonchev–Trinajstić information content (AvgIpc) is 3.50. The van der Waals surface area contributed by atoms with Gasteiger partial charge in [0.2, 0.25) is 5.91 Å². The second-order valence-electron chi connectivity index (χ2n) is 23.9. The summed E-state index contributed by atoms with van der Waals surface area (Å²) in [6.45, 7) is 4.20. The van der Waals surface area contributed by atoms with Crippen molar-refractivity contribution < 1.29 is 15.0 Å². The zero-order chi connectivity index (χ0) is 59.1. The molecule has 1 amide bonds. The van der Waals surface area contributed by atoms with Crippen molar-refractivity contribution in [2.75, 3.05) is 6.61 Å². The van der Waals surface area contributed by atoms with E-state index in [2.05, 4.69) is 129 Å². The van der Waals surface area contributed by atoms with E-state index >= 15 is 0 Å². The van der Waals surface area contributed by atoms with E-state index in [4.69, 9.17) is 0 Å². The molecule has 0 aliphatic carbocycles. The number of allylic oxidation sites excluding steroid dienone is 19. The van der Waals surface area contributed by atoms with Crippen molar-refractivity contribution in [3.63, 3.8) is 0 Å². The Morgan fingerprint density at radius 3 is 0.854 bits per heavy atom. The maximum Gasteiger partial charge on any atom is 0.220 e.